The molecule has 0 spiro atoms. The van der Waals surface area contributed by atoms with E-state index in [-0.39, 0.29) is 39.7 Å². The molecule has 0 aliphatic heterocycles. The number of benzene rings is 2. The largest absolute Gasteiger partial charge is 0.460 e. The normalized spacial score (nSPS) is 10.8. The molecule has 0 aliphatic rings. The van der Waals surface area contributed by atoms with E-state index in [1.54, 1.807) is 0 Å². The molecule has 0 radical (unpaired) electrons. The van der Waals surface area contributed by atoms with Crippen molar-refractivity contribution in [1.29, 1.82) is 0 Å². The highest BCUT2D eigenvalue weighted by molar-refractivity contribution is 5.75. The molecule has 0 saturated heterocycles. The molecule has 0 aromatic heterocycles. The van der Waals surface area contributed by atoms with Gasteiger partial charge in [0.25, 0.3) is 0 Å². The van der Waals surface area contributed by atoms with Crippen LogP contribution in [0.5, 0.6) is 0 Å². The first-order valence-corrected chi connectivity index (χ1v) is 10.9. The predicted molar refractivity (Wildman–Crippen MR) is 123 cm³/mol. The van der Waals surface area contributed by atoms with Gasteiger partial charge in [-0.2, -0.15) is 0 Å². The van der Waals surface area contributed by atoms with Crippen molar-refractivity contribution in [3.63, 3.8) is 0 Å². The van der Waals surface area contributed by atoms with Crippen molar-refractivity contribution in [2.75, 3.05) is 33.2 Å². The van der Waals surface area contributed by atoms with Crippen molar-refractivity contribution in [1.82, 2.24) is 10.2 Å². The summed E-state index contributed by atoms with van der Waals surface area (Å²) in [5.41, 5.74) is 1.88. The third-order valence-electron chi connectivity index (χ3n) is 4.84. The molecule has 0 aliphatic carbocycles. The van der Waals surface area contributed by atoms with E-state index in [0.29, 0.717) is 6.54 Å². The van der Waals surface area contributed by atoms with Crippen LogP contribution in [0.3, 0.4) is 0 Å². The second-order valence-electron chi connectivity index (χ2n) is 7.52. The number of unbranched alkanes of at least 4 members (excludes halogenated alkanes) is 3. The van der Waals surface area contributed by atoms with Crippen molar-refractivity contribution in [3.05, 3.63) is 71.8 Å². The molecule has 6 nitrogen and oxygen atoms in total. The Kier molecular flexibility index (Phi) is 12.0. The summed E-state index contributed by atoms with van der Waals surface area (Å²) < 4.78 is 10.8. The van der Waals surface area contributed by atoms with Crippen LogP contribution in [0.2, 0.25) is 0 Å². The molecule has 1 N–H and O–H groups in total. The van der Waals surface area contributed by atoms with E-state index in [1.807, 2.05) is 72.6 Å². The summed E-state index contributed by atoms with van der Waals surface area (Å²) in [6, 6.07) is 19.1. The van der Waals surface area contributed by atoms with Gasteiger partial charge in [-0.3, -0.25) is 14.5 Å². The molecule has 0 saturated carbocycles. The third-order valence-corrected chi connectivity index (χ3v) is 4.84. The highest BCUT2D eigenvalue weighted by atomic mass is 16.5. The minimum atomic E-state index is -0.338. The Bertz CT molecular complexity index is 702. The smallest absolute Gasteiger partial charge is 0.320 e. The van der Waals surface area contributed by atoms with Gasteiger partial charge in [0.2, 0.25) is 0 Å². The molecule has 2 rings (SSSR count). The molecule has 0 amide bonds. The lowest BCUT2D eigenvalue weighted by molar-refractivity contribution is -0.150. The van der Waals surface area contributed by atoms with Crippen LogP contribution in [0.4, 0.5) is 0 Å². The first-order valence-electron chi connectivity index (χ1n) is 10.9. The Morgan fingerprint density at radius 3 is 1.74 bits per heavy atom. The Balaban J connectivity index is 0.00000512. The minimum absolute atomic E-state index is 0. The van der Waals surface area contributed by atoms with Crippen LogP contribution in [0.25, 0.3) is 0 Å². The van der Waals surface area contributed by atoms with E-state index in [2.05, 4.69) is 5.32 Å². The predicted octanol–water partition coefficient (Wildman–Crippen LogP) is 3.80. The first-order chi connectivity index (χ1) is 15.2. The van der Waals surface area contributed by atoms with E-state index < -0.39 is 0 Å². The summed E-state index contributed by atoms with van der Waals surface area (Å²) in [5, 5.41) is 3.14. The summed E-state index contributed by atoms with van der Waals surface area (Å²) in [6.07, 6.45) is 4.21. The number of esters is 2. The number of hydrogen-bond acceptors (Lipinski definition) is 6. The molecular formula is C25H36N2O4. The summed E-state index contributed by atoms with van der Waals surface area (Å²) in [7, 11) is 1.95. The lowest BCUT2D eigenvalue weighted by atomic mass is 10.2. The van der Waals surface area contributed by atoms with Crippen LogP contribution in [0.1, 0.15) is 38.2 Å². The van der Waals surface area contributed by atoms with Crippen molar-refractivity contribution in [2.45, 2.75) is 38.9 Å². The van der Waals surface area contributed by atoms with Gasteiger partial charge < -0.3 is 14.8 Å². The molecule has 0 heterocycles. The van der Waals surface area contributed by atoms with E-state index in [4.69, 9.17) is 9.47 Å². The number of ether oxygens (including phenoxy) is 2. The van der Waals surface area contributed by atoms with Crippen LogP contribution in [-0.4, -0.2) is 50.1 Å². The second-order valence-corrected chi connectivity index (χ2v) is 7.52. The minimum Gasteiger partial charge on any atom is -0.460 e. The van der Waals surface area contributed by atoms with Crippen LogP contribution >= 0.6 is 0 Å². The zero-order chi connectivity index (χ0) is 22.2. The van der Waals surface area contributed by atoms with Crippen LogP contribution in [-0.2, 0) is 32.3 Å². The first kappa shape index (κ1) is 24.6. The van der Waals surface area contributed by atoms with Gasteiger partial charge in [0.15, 0.2) is 0 Å². The van der Waals surface area contributed by atoms with Gasteiger partial charge in [0.05, 0.1) is 13.1 Å². The lowest BCUT2D eigenvalue weighted by Crippen LogP contribution is -2.36. The van der Waals surface area contributed by atoms with E-state index in [0.717, 1.165) is 43.4 Å². The Morgan fingerprint density at radius 2 is 1.26 bits per heavy atom. The Morgan fingerprint density at radius 1 is 0.774 bits per heavy atom. The number of nitrogens with one attached hydrogen (secondary N) is 1. The second kappa shape index (κ2) is 15.2. The molecule has 0 fully saturated rings. The maximum absolute atomic E-state index is 12.3. The Hall–Kier alpha value is -2.70. The van der Waals surface area contributed by atoms with Gasteiger partial charge in [0, 0.05) is 1.43 Å². The lowest BCUT2D eigenvalue weighted by Gasteiger charge is -2.20. The molecule has 31 heavy (non-hydrogen) atoms. The van der Waals surface area contributed by atoms with Gasteiger partial charge >= 0.3 is 11.9 Å². The van der Waals surface area contributed by atoms with E-state index in [9.17, 15) is 9.59 Å². The Labute approximate surface area is 187 Å². The maximum atomic E-state index is 12.3. The van der Waals surface area contributed by atoms with Crippen LogP contribution in [0.15, 0.2) is 60.7 Å². The van der Waals surface area contributed by atoms with Crippen molar-refractivity contribution >= 4 is 11.9 Å². The summed E-state index contributed by atoms with van der Waals surface area (Å²) in [5.74, 6) is -0.676. The van der Waals surface area contributed by atoms with E-state index in [1.165, 1.54) is 0 Å². The molecule has 6 heteroatoms. The average Bonchev–Trinajstić information content (AvgIpc) is 2.80. The summed E-state index contributed by atoms with van der Waals surface area (Å²) >= 11 is 0. The quantitative estimate of drug-likeness (QED) is 0.344. The van der Waals surface area contributed by atoms with Gasteiger partial charge in [0.1, 0.15) is 13.2 Å². The zero-order valence-corrected chi connectivity index (χ0v) is 18.4. The maximum Gasteiger partial charge on any atom is 0.320 e. The standard InChI is InChI=1S/C25H34N2O4.H2/c1-26-16-10-2-3-11-17-27(18-24(28)30-20-22-12-6-4-7-13-22)19-25(29)31-21-23-14-8-5-9-15-23;/h4-9,12-15,26H,2-3,10-11,16-21H2,1H3;1H. The van der Waals surface area contributed by atoms with Gasteiger partial charge in [-0.1, -0.05) is 73.5 Å². The highest BCUT2D eigenvalue weighted by Crippen LogP contribution is 2.06. The number of rotatable bonds is 15. The fourth-order valence-corrected chi connectivity index (χ4v) is 3.14. The topological polar surface area (TPSA) is 67.9 Å². The van der Waals surface area contributed by atoms with Crippen molar-refractivity contribution < 1.29 is 20.5 Å². The summed E-state index contributed by atoms with van der Waals surface area (Å²) in [4.78, 5) is 26.5. The number of nitrogens with zero attached hydrogens (tertiary/aromatic N) is 1. The van der Waals surface area contributed by atoms with Gasteiger partial charge in [-0.25, -0.2) is 0 Å². The zero-order valence-electron chi connectivity index (χ0n) is 18.4. The average molecular weight is 429 g/mol. The van der Waals surface area contributed by atoms with Crippen LogP contribution < -0.4 is 5.32 Å². The molecule has 2 aromatic rings. The number of carbonyl (C=O) groups excluding carboxylic acids is 2. The number of carbonyl (C=O) groups is 2. The van der Waals surface area contributed by atoms with E-state index >= 15 is 0 Å². The SMILES string of the molecule is CNCCCCCCN(CC(=O)OCc1ccccc1)CC(=O)OCc1ccccc1.[HH]. The van der Waals surface area contributed by atoms with Gasteiger partial charge in [-0.15, -0.1) is 0 Å². The molecule has 0 bridgehead atoms. The third kappa shape index (κ3) is 11.3. The van der Waals surface area contributed by atoms with Crippen molar-refractivity contribution in [2.24, 2.45) is 0 Å². The summed E-state index contributed by atoms with van der Waals surface area (Å²) in [6.45, 7) is 2.27. The monoisotopic (exact) mass is 428 g/mol. The molecular weight excluding hydrogens is 392 g/mol. The molecule has 170 valence electrons. The molecule has 0 atom stereocenters. The fourth-order valence-electron chi connectivity index (χ4n) is 3.14. The molecule has 0 unspecified atom stereocenters. The number of hydrogen-bond donors (Lipinski definition) is 1. The fraction of sp³-hybridized carbons (Fsp3) is 0.440. The van der Waals surface area contributed by atoms with Gasteiger partial charge in [-0.05, 0) is 44.1 Å². The highest BCUT2D eigenvalue weighted by Gasteiger charge is 2.16. The van der Waals surface area contributed by atoms with Crippen LogP contribution in [0, 0.1) is 0 Å². The molecule has 2 aromatic carbocycles. The van der Waals surface area contributed by atoms with Crippen molar-refractivity contribution in [3.8, 4) is 0 Å².